The first-order valence-corrected chi connectivity index (χ1v) is 11.7. The third-order valence-electron chi connectivity index (χ3n) is 5.59. The summed E-state index contributed by atoms with van der Waals surface area (Å²) in [6.07, 6.45) is 5.33. The van der Waals surface area contributed by atoms with Crippen molar-refractivity contribution >= 4 is 17.9 Å². The molecule has 0 saturated heterocycles. The number of hydrogen-bond donors (Lipinski definition) is 1. The van der Waals surface area contributed by atoms with Gasteiger partial charge in [0.25, 0.3) is 0 Å². The first-order chi connectivity index (χ1) is 14.5. The topological polar surface area (TPSA) is 99.1 Å². The highest BCUT2D eigenvalue weighted by Gasteiger charge is 2.28. The van der Waals surface area contributed by atoms with E-state index in [1.807, 2.05) is 0 Å². The summed E-state index contributed by atoms with van der Waals surface area (Å²) in [6, 6.07) is 0. The van der Waals surface area contributed by atoms with E-state index < -0.39 is 29.7 Å². The first kappa shape index (κ1) is 29.4. The molecule has 0 saturated carbocycles. The van der Waals surface area contributed by atoms with Crippen LogP contribution in [0.15, 0.2) is 0 Å². The van der Waals surface area contributed by atoms with Gasteiger partial charge in [-0.3, -0.25) is 0 Å². The molecule has 0 aromatic carbocycles. The van der Waals surface area contributed by atoms with Crippen LogP contribution in [0.5, 0.6) is 0 Å². The van der Waals surface area contributed by atoms with E-state index in [9.17, 15) is 14.4 Å². The van der Waals surface area contributed by atoms with Crippen LogP contribution in [0, 0.1) is 35.5 Å². The van der Waals surface area contributed by atoms with Gasteiger partial charge in [-0.05, 0) is 49.9 Å². The van der Waals surface area contributed by atoms with Crippen molar-refractivity contribution in [2.45, 2.75) is 99.8 Å². The van der Waals surface area contributed by atoms with Crippen LogP contribution in [0.2, 0.25) is 0 Å². The Kier molecular flexibility index (Phi) is 15.2. The van der Waals surface area contributed by atoms with E-state index in [1.165, 1.54) is 0 Å². The van der Waals surface area contributed by atoms with Crippen molar-refractivity contribution in [1.82, 2.24) is 0 Å². The predicted molar refractivity (Wildman–Crippen MR) is 118 cm³/mol. The molecule has 0 fully saturated rings. The second-order valence-corrected chi connectivity index (χ2v) is 10.0. The summed E-state index contributed by atoms with van der Waals surface area (Å²) in [4.78, 5) is 50.3. The standard InChI is InChI=1S/C24H44O7/c1-16(2)8-12-20(13-9-17(3)4)23(26)30-31-24(27)21(14-10-18(5)6)15-11-19(7)22(25)29-28/h16-21,28H,8-15H2,1-7H3. The Morgan fingerprint density at radius 1 is 0.548 bits per heavy atom. The van der Waals surface area contributed by atoms with Crippen LogP contribution in [-0.4, -0.2) is 23.2 Å². The fourth-order valence-corrected chi connectivity index (χ4v) is 3.24. The second kappa shape index (κ2) is 16.1. The van der Waals surface area contributed by atoms with Crippen LogP contribution in [-0.2, 0) is 29.0 Å². The Balaban J connectivity index is 4.89. The third kappa shape index (κ3) is 14.1. The zero-order valence-electron chi connectivity index (χ0n) is 20.5. The van der Waals surface area contributed by atoms with Gasteiger partial charge in [-0.2, -0.15) is 5.26 Å². The minimum absolute atomic E-state index is 0.286. The van der Waals surface area contributed by atoms with Crippen molar-refractivity contribution in [2.75, 3.05) is 0 Å². The Morgan fingerprint density at radius 2 is 0.871 bits per heavy atom. The molecule has 31 heavy (non-hydrogen) atoms. The van der Waals surface area contributed by atoms with Crippen LogP contribution < -0.4 is 0 Å². The summed E-state index contributed by atoms with van der Waals surface area (Å²) < 4.78 is 0. The Hall–Kier alpha value is -1.63. The smallest absolute Gasteiger partial charge is 0.301 e. The molecule has 0 amide bonds. The molecule has 0 aliphatic rings. The van der Waals surface area contributed by atoms with Crippen LogP contribution in [0.25, 0.3) is 0 Å². The van der Waals surface area contributed by atoms with Crippen LogP contribution >= 0.6 is 0 Å². The summed E-state index contributed by atoms with van der Waals surface area (Å²) >= 11 is 0. The molecule has 0 aromatic heterocycles. The normalized spacial score (nSPS) is 13.5. The van der Waals surface area contributed by atoms with Crippen LogP contribution in [0.3, 0.4) is 0 Å². The summed E-state index contributed by atoms with van der Waals surface area (Å²) in [5.41, 5.74) is 0. The molecule has 7 nitrogen and oxygen atoms in total. The van der Waals surface area contributed by atoms with Crippen molar-refractivity contribution in [1.29, 1.82) is 0 Å². The SMILES string of the molecule is CC(C)CCC(CCC(C)C)C(=O)OOC(=O)C(CCC(C)C)CCC(C)C(=O)OO. The maximum absolute atomic E-state index is 12.6. The zero-order valence-corrected chi connectivity index (χ0v) is 20.5. The quantitative estimate of drug-likeness (QED) is 0.246. The molecule has 2 atom stereocenters. The van der Waals surface area contributed by atoms with E-state index in [4.69, 9.17) is 15.0 Å². The molecular formula is C24H44O7. The van der Waals surface area contributed by atoms with Crippen molar-refractivity contribution < 1.29 is 34.3 Å². The molecule has 0 heterocycles. The van der Waals surface area contributed by atoms with Gasteiger partial charge in [-0.25, -0.2) is 24.2 Å². The van der Waals surface area contributed by atoms with Gasteiger partial charge in [0, 0.05) is 0 Å². The second-order valence-electron chi connectivity index (χ2n) is 10.0. The van der Waals surface area contributed by atoms with Gasteiger partial charge >= 0.3 is 17.9 Å². The highest BCUT2D eigenvalue weighted by molar-refractivity contribution is 5.76. The zero-order chi connectivity index (χ0) is 24.0. The highest BCUT2D eigenvalue weighted by Crippen LogP contribution is 2.24. The molecule has 7 heteroatoms. The van der Waals surface area contributed by atoms with Gasteiger partial charge in [0.15, 0.2) is 0 Å². The Bertz CT molecular complexity index is 516. The molecular weight excluding hydrogens is 400 g/mol. The summed E-state index contributed by atoms with van der Waals surface area (Å²) in [5.74, 6) is -1.79. The fourth-order valence-electron chi connectivity index (χ4n) is 3.24. The van der Waals surface area contributed by atoms with E-state index in [0.717, 1.165) is 19.3 Å². The van der Waals surface area contributed by atoms with Crippen LogP contribution in [0.4, 0.5) is 0 Å². The molecule has 0 aromatic rings. The summed E-state index contributed by atoms with van der Waals surface area (Å²) in [6.45, 7) is 14.2. The monoisotopic (exact) mass is 444 g/mol. The number of carbonyl (C=O) groups excluding carboxylic acids is 3. The van der Waals surface area contributed by atoms with E-state index in [-0.39, 0.29) is 5.92 Å². The molecule has 0 rings (SSSR count). The van der Waals surface area contributed by atoms with Gasteiger partial charge in [0.05, 0.1) is 17.8 Å². The Labute approximate surface area is 188 Å². The maximum Gasteiger partial charge on any atom is 0.358 e. The molecule has 0 aliphatic carbocycles. The average Bonchev–Trinajstić information content (AvgIpc) is 2.70. The van der Waals surface area contributed by atoms with Gasteiger partial charge in [0.1, 0.15) is 0 Å². The lowest BCUT2D eigenvalue weighted by Crippen LogP contribution is -2.25. The van der Waals surface area contributed by atoms with E-state index in [2.05, 4.69) is 46.4 Å². The van der Waals surface area contributed by atoms with Gasteiger partial charge < -0.3 is 4.89 Å². The van der Waals surface area contributed by atoms with Crippen molar-refractivity contribution in [3.05, 3.63) is 0 Å². The van der Waals surface area contributed by atoms with Crippen molar-refractivity contribution in [3.8, 4) is 0 Å². The number of carbonyl (C=O) groups is 3. The van der Waals surface area contributed by atoms with Crippen molar-refractivity contribution in [3.63, 3.8) is 0 Å². The molecule has 1 N–H and O–H groups in total. The molecule has 2 unspecified atom stereocenters. The number of hydrogen-bond acceptors (Lipinski definition) is 7. The third-order valence-corrected chi connectivity index (χ3v) is 5.59. The Morgan fingerprint density at radius 3 is 1.16 bits per heavy atom. The minimum atomic E-state index is -0.736. The largest absolute Gasteiger partial charge is 0.358 e. The highest BCUT2D eigenvalue weighted by atomic mass is 17.2. The predicted octanol–water partition coefficient (Wildman–Crippen LogP) is 5.96. The van der Waals surface area contributed by atoms with E-state index >= 15 is 0 Å². The number of rotatable bonds is 15. The van der Waals surface area contributed by atoms with Gasteiger partial charge in [-0.1, -0.05) is 67.7 Å². The summed E-state index contributed by atoms with van der Waals surface area (Å²) in [5, 5.41) is 8.51. The molecule has 0 aliphatic heterocycles. The average molecular weight is 445 g/mol. The van der Waals surface area contributed by atoms with Crippen LogP contribution in [0.1, 0.15) is 99.8 Å². The lowest BCUT2D eigenvalue weighted by atomic mass is 9.91. The minimum Gasteiger partial charge on any atom is -0.301 e. The molecule has 182 valence electrons. The molecule has 0 radical (unpaired) electrons. The molecule has 0 spiro atoms. The summed E-state index contributed by atoms with van der Waals surface area (Å²) in [7, 11) is 0. The fraction of sp³-hybridized carbons (Fsp3) is 0.875. The maximum atomic E-state index is 12.6. The molecule has 0 bridgehead atoms. The lowest BCUT2D eigenvalue weighted by molar-refractivity contribution is -0.266. The van der Waals surface area contributed by atoms with Gasteiger partial charge in [0.2, 0.25) is 0 Å². The van der Waals surface area contributed by atoms with E-state index in [0.29, 0.717) is 49.9 Å². The van der Waals surface area contributed by atoms with Crippen molar-refractivity contribution in [2.24, 2.45) is 35.5 Å². The van der Waals surface area contributed by atoms with Gasteiger partial charge in [-0.15, -0.1) is 0 Å². The van der Waals surface area contributed by atoms with E-state index in [1.54, 1.807) is 6.92 Å². The lowest BCUT2D eigenvalue weighted by Gasteiger charge is -2.19. The first-order valence-electron chi connectivity index (χ1n) is 11.7.